The van der Waals surface area contributed by atoms with Crippen LogP contribution < -0.4 is 0 Å². The van der Waals surface area contributed by atoms with Crippen LogP contribution >= 0.6 is 12.4 Å². The summed E-state index contributed by atoms with van der Waals surface area (Å²) in [6.07, 6.45) is 8.20. The molecule has 1 nitrogen and oxygen atoms in total. The van der Waals surface area contributed by atoms with Crippen LogP contribution in [0.2, 0.25) is 0 Å². The van der Waals surface area contributed by atoms with E-state index in [4.69, 9.17) is 0 Å². The maximum atomic E-state index is 2.72. The quantitative estimate of drug-likeness (QED) is 0.784. The normalized spacial score (nSPS) is 26.1. The molecular formula is C18H28ClN. The molecule has 20 heavy (non-hydrogen) atoms. The summed E-state index contributed by atoms with van der Waals surface area (Å²) in [6.45, 7) is 6.28. The second-order valence-electron chi connectivity index (χ2n) is 6.40. The van der Waals surface area contributed by atoms with Crippen LogP contribution in [0.1, 0.15) is 56.1 Å². The monoisotopic (exact) mass is 293 g/mol. The number of likely N-dealkylation sites (tertiary alicyclic amines) is 1. The van der Waals surface area contributed by atoms with E-state index in [0.717, 1.165) is 11.8 Å². The molecule has 0 N–H and O–H groups in total. The SMILES string of the molecule is CCCCN1CCC2c3ccccc3CCCC2C1.Cl. The van der Waals surface area contributed by atoms with Crippen LogP contribution in [0.15, 0.2) is 24.3 Å². The second kappa shape index (κ2) is 7.47. The highest BCUT2D eigenvalue weighted by Crippen LogP contribution is 2.40. The first-order valence-electron chi connectivity index (χ1n) is 8.18. The third-order valence-corrected chi connectivity index (χ3v) is 5.12. The Morgan fingerprint density at radius 3 is 2.90 bits per heavy atom. The first-order chi connectivity index (χ1) is 9.38. The first kappa shape index (κ1) is 15.9. The molecule has 112 valence electrons. The van der Waals surface area contributed by atoms with Gasteiger partial charge in [0.15, 0.2) is 0 Å². The fourth-order valence-electron chi connectivity index (χ4n) is 4.07. The number of unbranched alkanes of at least 4 members (excludes halogenated alkanes) is 1. The van der Waals surface area contributed by atoms with Gasteiger partial charge in [-0.25, -0.2) is 0 Å². The number of hydrogen-bond donors (Lipinski definition) is 0. The molecule has 0 saturated carbocycles. The van der Waals surface area contributed by atoms with Crippen LogP contribution in [0.3, 0.4) is 0 Å². The Morgan fingerprint density at radius 2 is 2.05 bits per heavy atom. The predicted octanol–water partition coefficient (Wildman–Crippen LogP) is 4.65. The Labute approximate surface area is 130 Å². The zero-order chi connectivity index (χ0) is 13.1. The maximum absolute atomic E-state index is 2.72. The molecule has 0 amide bonds. The highest BCUT2D eigenvalue weighted by Gasteiger charge is 2.32. The van der Waals surface area contributed by atoms with Gasteiger partial charge in [-0.1, -0.05) is 37.6 Å². The van der Waals surface area contributed by atoms with Crippen LogP contribution in [0.25, 0.3) is 0 Å². The molecule has 3 rings (SSSR count). The van der Waals surface area contributed by atoms with Gasteiger partial charge >= 0.3 is 0 Å². The molecule has 0 radical (unpaired) electrons. The van der Waals surface area contributed by atoms with Gasteiger partial charge in [0.25, 0.3) is 0 Å². The number of aryl methyl sites for hydroxylation is 1. The van der Waals surface area contributed by atoms with Crippen LogP contribution in [0, 0.1) is 5.92 Å². The van der Waals surface area contributed by atoms with Crippen molar-refractivity contribution in [2.24, 2.45) is 5.92 Å². The van der Waals surface area contributed by atoms with Crippen molar-refractivity contribution in [1.29, 1.82) is 0 Å². The van der Waals surface area contributed by atoms with Crippen molar-refractivity contribution in [2.75, 3.05) is 19.6 Å². The summed E-state index contributed by atoms with van der Waals surface area (Å²) in [4.78, 5) is 2.72. The maximum Gasteiger partial charge on any atom is 0.00155 e. The molecule has 1 fully saturated rings. The van der Waals surface area contributed by atoms with E-state index in [1.807, 2.05) is 0 Å². The zero-order valence-corrected chi connectivity index (χ0v) is 13.5. The molecule has 1 saturated heterocycles. The molecular weight excluding hydrogens is 266 g/mol. The smallest absolute Gasteiger partial charge is 0.00155 e. The lowest BCUT2D eigenvalue weighted by molar-refractivity contribution is 0.146. The van der Waals surface area contributed by atoms with Gasteiger partial charge in [-0.15, -0.1) is 12.4 Å². The predicted molar refractivity (Wildman–Crippen MR) is 88.8 cm³/mol. The van der Waals surface area contributed by atoms with Crippen LogP contribution in [-0.2, 0) is 6.42 Å². The number of halogens is 1. The van der Waals surface area contributed by atoms with E-state index in [2.05, 4.69) is 36.1 Å². The number of fused-ring (bicyclic) bond motifs is 3. The minimum Gasteiger partial charge on any atom is -0.303 e. The third-order valence-electron chi connectivity index (χ3n) is 5.12. The molecule has 1 aromatic rings. The summed E-state index contributed by atoms with van der Waals surface area (Å²) in [5, 5.41) is 0. The van der Waals surface area contributed by atoms with Crippen molar-refractivity contribution in [1.82, 2.24) is 4.90 Å². The van der Waals surface area contributed by atoms with E-state index >= 15 is 0 Å². The topological polar surface area (TPSA) is 3.24 Å². The number of benzene rings is 1. The number of nitrogens with zero attached hydrogens (tertiary/aromatic N) is 1. The van der Waals surface area contributed by atoms with Crippen molar-refractivity contribution in [2.45, 2.75) is 51.4 Å². The van der Waals surface area contributed by atoms with E-state index in [0.29, 0.717) is 0 Å². The van der Waals surface area contributed by atoms with Crippen molar-refractivity contribution in [3.8, 4) is 0 Å². The van der Waals surface area contributed by atoms with Gasteiger partial charge in [-0.3, -0.25) is 0 Å². The summed E-state index contributed by atoms with van der Waals surface area (Å²) < 4.78 is 0. The summed E-state index contributed by atoms with van der Waals surface area (Å²) in [6, 6.07) is 9.22. The van der Waals surface area contributed by atoms with Gasteiger partial charge in [0.05, 0.1) is 0 Å². The summed E-state index contributed by atoms with van der Waals surface area (Å²) in [5.41, 5.74) is 3.32. The molecule has 2 atom stereocenters. The van der Waals surface area contributed by atoms with Gasteiger partial charge in [0.2, 0.25) is 0 Å². The van der Waals surface area contributed by atoms with E-state index in [-0.39, 0.29) is 12.4 Å². The van der Waals surface area contributed by atoms with Crippen molar-refractivity contribution >= 4 is 12.4 Å². The van der Waals surface area contributed by atoms with E-state index < -0.39 is 0 Å². The van der Waals surface area contributed by atoms with E-state index in [1.165, 1.54) is 58.2 Å². The van der Waals surface area contributed by atoms with Crippen molar-refractivity contribution < 1.29 is 0 Å². The first-order valence-corrected chi connectivity index (χ1v) is 8.18. The lowest BCUT2D eigenvalue weighted by Gasteiger charge is -2.38. The average molecular weight is 294 g/mol. The molecule has 0 spiro atoms. The molecule has 1 heterocycles. The van der Waals surface area contributed by atoms with E-state index in [1.54, 1.807) is 11.1 Å². The average Bonchev–Trinajstić information content (AvgIpc) is 2.64. The highest BCUT2D eigenvalue weighted by atomic mass is 35.5. The highest BCUT2D eigenvalue weighted by molar-refractivity contribution is 5.85. The van der Waals surface area contributed by atoms with Crippen LogP contribution in [0.5, 0.6) is 0 Å². The van der Waals surface area contributed by atoms with E-state index in [9.17, 15) is 0 Å². The molecule has 2 heteroatoms. The summed E-state index contributed by atoms with van der Waals surface area (Å²) >= 11 is 0. The summed E-state index contributed by atoms with van der Waals surface area (Å²) in [7, 11) is 0. The Bertz CT molecular complexity index is 418. The van der Waals surface area contributed by atoms with Crippen LogP contribution in [-0.4, -0.2) is 24.5 Å². The Kier molecular flexibility index (Phi) is 5.92. The van der Waals surface area contributed by atoms with Gasteiger partial charge < -0.3 is 4.90 Å². The number of hydrogen-bond acceptors (Lipinski definition) is 1. The number of piperidine rings is 1. The lowest BCUT2D eigenvalue weighted by Crippen LogP contribution is -2.39. The Morgan fingerprint density at radius 1 is 1.20 bits per heavy atom. The molecule has 1 aliphatic carbocycles. The summed E-state index contributed by atoms with van der Waals surface area (Å²) in [5.74, 6) is 1.76. The fourth-order valence-corrected chi connectivity index (χ4v) is 4.07. The largest absolute Gasteiger partial charge is 0.303 e. The third kappa shape index (κ3) is 3.38. The van der Waals surface area contributed by atoms with Gasteiger partial charge in [0.1, 0.15) is 0 Å². The van der Waals surface area contributed by atoms with Crippen molar-refractivity contribution in [3.63, 3.8) is 0 Å². The lowest BCUT2D eigenvalue weighted by atomic mass is 9.79. The van der Waals surface area contributed by atoms with Gasteiger partial charge in [-0.2, -0.15) is 0 Å². The Balaban J connectivity index is 0.00000147. The molecule has 2 unspecified atom stereocenters. The van der Waals surface area contributed by atoms with Crippen LogP contribution in [0.4, 0.5) is 0 Å². The minimum absolute atomic E-state index is 0. The zero-order valence-electron chi connectivity index (χ0n) is 12.7. The molecule has 0 bridgehead atoms. The molecule has 0 aromatic heterocycles. The van der Waals surface area contributed by atoms with Gasteiger partial charge in [0, 0.05) is 6.54 Å². The van der Waals surface area contributed by atoms with Gasteiger partial charge in [-0.05, 0) is 68.2 Å². The molecule has 2 aliphatic rings. The van der Waals surface area contributed by atoms with Crippen molar-refractivity contribution in [3.05, 3.63) is 35.4 Å². The molecule has 1 aromatic carbocycles. The second-order valence-corrected chi connectivity index (χ2v) is 6.40. The minimum atomic E-state index is 0. The molecule has 1 aliphatic heterocycles. The number of rotatable bonds is 3. The fraction of sp³-hybridized carbons (Fsp3) is 0.667. The standard InChI is InChI=1S/C18H27N.ClH/c1-2-3-12-19-13-11-18-16(14-19)9-6-8-15-7-4-5-10-17(15)18;/h4-5,7,10,16,18H,2-3,6,8-9,11-14H2,1H3;1H. The Hall–Kier alpha value is -0.530.